The maximum Gasteiger partial charge on any atom is 0.309 e. The molecule has 0 radical (unpaired) electrons. The summed E-state index contributed by atoms with van der Waals surface area (Å²) in [5, 5.41) is 0. The second-order valence-corrected chi connectivity index (χ2v) is 4.81. The van der Waals surface area contributed by atoms with E-state index in [0.717, 1.165) is 23.3 Å². The first-order valence-electron chi connectivity index (χ1n) is 7.08. The molecule has 0 bridgehead atoms. The highest BCUT2D eigenvalue weighted by Crippen LogP contribution is 2.17. The molecule has 0 saturated heterocycles. The molecule has 0 fully saturated rings. The van der Waals surface area contributed by atoms with Gasteiger partial charge in [0.1, 0.15) is 12.4 Å². The third-order valence-corrected chi connectivity index (χ3v) is 3.38. The molecule has 0 aliphatic carbocycles. The summed E-state index contributed by atoms with van der Waals surface area (Å²) in [6.07, 6.45) is 1.25. The number of methoxy groups -OCH3 is 1. The smallest absolute Gasteiger partial charge is 0.309 e. The molecule has 21 heavy (non-hydrogen) atoms. The Morgan fingerprint density at radius 2 is 1.81 bits per heavy atom. The van der Waals surface area contributed by atoms with Crippen molar-refractivity contribution in [2.75, 3.05) is 7.11 Å². The van der Waals surface area contributed by atoms with Crippen molar-refractivity contribution in [2.24, 2.45) is 0 Å². The van der Waals surface area contributed by atoms with Crippen molar-refractivity contribution in [1.29, 1.82) is 0 Å². The summed E-state index contributed by atoms with van der Waals surface area (Å²) >= 11 is 0. The Balaban J connectivity index is 2.07. The van der Waals surface area contributed by atoms with Crippen molar-refractivity contribution < 1.29 is 14.3 Å². The Hall–Kier alpha value is -2.29. The largest absolute Gasteiger partial charge is 0.489 e. The highest BCUT2D eigenvalue weighted by atomic mass is 16.5. The van der Waals surface area contributed by atoms with Crippen LogP contribution in [0.3, 0.4) is 0 Å². The normalized spacial score (nSPS) is 10.2. The maximum atomic E-state index is 11.4. The Labute approximate surface area is 125 Å². The molecule has 0 amide bonds. The van der Waals surface area contributed by atoms with Crippen molar-refractivity contribution >= 4 is 5.97 Å². The Morgan fingerprint density at radius 1 is 1.05 bits per heavy atom. The zero-order valence-electron chi connectivity index (χ0n) is 12.5. The lowest BCUT2D eigenvalue weighted by Gasteiger charge is -2.11. The van der Waals surface area contributed by atoms with Gasteiger partial charge in [0.15, 0.2) is 0 Å². The SMILES string of the molecule is CCc1cccc(OCc2ccccc2CC(=O)OC)c1. The van der Waals surface area contributed by atoms with Crippen LogP contribution in [0.1, 0.15) is 23.6 Å². The average Bonchev–Trinajstić information content (AvgIpc) is 2.54. The average molecular weight is 284 g/mol. The fraction of sp³-hybridized carbons (Fsp3) is 0.278. The Bertz CT molecular complexity index is 605. The standard InChI is InChI=1S/C18H20O3/c1-3-14-7-6-10-17(11-14)21-13-16-9-5-4-8-15(16)12-18(19)20-2/h4-11H,3,12-13H2,1-2H3. The number of esters is 1. The Kier molecular flexibility index (Phi) is 5.38. The van der Waals surface area contributed by atoms with Gasteiger partial charge in [0.05, 0.1) is 13.5 Å². The number of carbonyl (C=O) groups is 1. The summed E-state index contributed by atoms with van der Waals surface area (Å²) in [7, 11) is 1.40. The van der Waals surface area contributed by atoms with Gasteiger partial charge >= 0.3 is 5.97 Å². The van der Waals surface area contributed by atoms with Gasteiger partial charge in [0.2, 0.25) is 0 Å². The van der Waals surface area contributed by atoms with E-state index >= 15 is 0 Å². The van der Waals surface area contributed by atoms with Gasteiger partial charge in [-0.3, -0.25) is 4.79 Å². The molecule has 3 nitrogen and oxygen atoms in total. The third kappa shape index (κ3) is 4.35. The van der Waals surface area contributed by atoms with E-state index in [2.05, 4.69) is 13.0 Å². The number of aryl methyl sites for hydroxylation is 1. The number of hydrogen-bond acceptors (Lipinski definition) is 3. The monoisotopic (exact) mass is 284 g/mol. The first kappa shape index (κ1) is 15.1. The van der Waals surface area contributed by atoms with Crippen LogP contribution in [0.4, 0.5) is 0 Å². The highest BCUT2D eigenvalue weighted by molar-refractivity contribution is 5.72. The van der Waals surface area contributed by atoms with Crippen LogP contribution in [-0.2, 0) is 29.0 Å². The number of ether oxygens (including phenoxy) is 2. The molecule has 2 rings (SSSR count). The predicted octanol–water partition coefficient (Wildman–Crippen LogP) is 3.54. The van der Waals surface area contributed by atoms with E-state index < -0.39 is 0 Å². The number of benzene rings is 2. The van der Waals surface area contributed by atoms with Gasteiger partial charge in [-0.05, 0) is 35.2 Å². The molecule has 0 aliphatic heterocycles. The van der Waals surface area contributed by atoms with Crippen molar-refractivity contribution in [3.63, 3.8) is 0 Å². The molecule has 2 aromatic rings. The van der Waals surface area contributed by atoms with Crippen LogP contribution in [0.2, 0.25) is 0 Å². The maximum absolute atomic E-state index is 11.4. The van der Waals surface area contributed by atoms with Crippen molar-refractivity contribution in [1.82, 2.24) is 0 Å². The molecule has 0 heterocycles. The molecule has 0 aromatic heterocycles. The number of carbonyl (C=O) groups excluding carboxylic acids is 1. The number of rotatable bonds is 6. The van der Waals surface area contributed by atoms with Gasteiger partial charge in [-0.15, -0.1) is 0 Å². The van der Waals surface area contributed by atoms with Crippen molar-refractivity contribution in [2.45, 2.75) is 26.4 Å². The topological polar surface area (TPSA) is 35.5 Å². The van der Waals surface area contributed by atoms with Crippen LogP contribution >= 0.6 is 0 Å². The molecular weight excluding hydrogens is 264 g/mol. The van der Waals surface area contributed by atoms with Gasteiger partial charge in [0.25, 0.3) is 0 Å². The summed E-state index contributed by atoms with van der Waals surface area (Å²) in [4.78, 5) is 11.4. The van der Waals surface area contributed by atoms with E-state index in [1.54, 1.807) is 0 Å². The van der Waals surface area contributed by atoms with Crippen LogP contribution in [-0.4, -0.2) is 13.1 Å². The summed E-state index contributed by atoms with van der Waals surface area (Å²) in [6, 6.07) is 15.8. The second-order valence-electron chi connectivity index (χ2n) is 4.81. The van der Waals surface area contributed by atoms with Crippen LogP contribution in [0, 0.1) is 0 Å². The molecule has 2 aromatic carbocycles. The fourth-order valence-electron chi connectivity index (χ4n) is 2.11. The van der Waals surface area contributed by atoms with Gasteiger partial charge < -0.3 is 9.47 Å². The van der Waals surface area contributed by atoms with E-state index in [0.29, 0.717) is 6.61 Å². The molecule has 0 atom stereocenters. The predicted molar refractivity (Wildman–Crippen MR) is 82.3 cm³/mol. The minimum atomic E-state index is -0.240. The summed E-state index contributed by atoms with van der Waals surface area (Å²) < 4.78 is 10.6. The quantitative estimate of drug-likeness (QED) is 0.761. The van der Waals surface area contributed by atoms with Crippen LogP contribution in [0.25, 0.3) is 0 Å². The van der Waals surface area contributed by atoms with Crippen LogP contribution in [0.5, 0.6) is 5.75 Å². The van der Waals surface area contributed by atoms with Gasteiger partial charge in [0, 0.05) is 0 Å². The van der Waals surface area contributed by atoms with Gasteiger partial charge in [-0.2, -0.15) is 0 Å². The van der Waals surface area contributed by atoms with Crippen LogP contribution in [0.15, 0.2) is 48.5 Å². The molecule has 0 unspecified atom stereocenters. The Morgan fingerprint density at radius 3 is 2.52 bits per heavy atom. The van der Waals surface area contributed by atoms with Crippen molar-refractivity contribution in [3.05, 3.63) is 65.2 Å². The third-order valence-electron chi connectivity index (χ3n) is 3.38. The molecule has 3 heteroatoms. The molecular formula is C18H20O3. The van der Waals surface area contributed by atoms with E-state index in [4.69, 9.17) is 9.47 Å². The minimum Gasteiger partial charge on any atom is -0.489 e. The fourth-order valence-corrected chi connectivity index (χ4v) is 2.11. The van der Waals surface area contributed by atoms with E-state index in [9.17, 15) is 4.79 Å². The molecule has 110 valence electrons. The van der Waals surface area contributed by atoms with Crippen LogP contribution < -0.4 is 4.74 Å². The molecule has 0 aliphatic rings. The lowest BCUT2D eigenvalue weighted by molar-refractivity contribution is -0.139. The van der Waals surface area contributed by atoms with Gasteiger partial charge in [-0.25, -0.2) is 0 Å². The molecule has 0 saturated carbocycles. The highest BCUT2D eigenvalue weighted by Gasteiger charge is 2.08. The lowest BCUT2D eigenvalue weighted by Crippen LogP contribution is -2.08. The second kappa shape index (κ2) is 7.48. The molecule has 0 N–H and O–H groups in total. The number of hydrogen-bond donors (Lipinski definition) is 0. The molecule has 0 spiro atoms. The van der Waals surface area contributed by atoms with Gasteiger partial charge in [-0.1, -0.05) is 43.3 Å². The van der Waals surface area contributed by atoms with E-state index in [1.165, 1.54) is 12.7 Å². The summed E-state index contributed by atoms with van der Waals surface area (Å²) in [5.41, 5.74) is 3.19. The first-order chi connectivity index (χ1) is 10.2. The summed E-state index contributed by atoms with van der Waals surface area (Å²) in [6.45, 7) is 2.56. The lowest BCUT2D eigenvalue weighted by atomic mass is 10.1. The zero-order valence-corrected chi connectivity index (χ0v) is 12.5. The van der Waals surface area contributed by atoms with E-state index in [-0.39, 0.29) is 12.4 Å². The minimum absolute atomic E-state index is 0.240. The zero-order chi connectivity index (χ0) is 15.1. The summed E-state index contributed by atoms with van der Waals surface area (Å²) in [5.74, 6) is 0.609. The van der Waals surface area contributed by atoms with Crippen molar-refractivity contribution in [3.8, 4) is 5.75 Å². The van der Waals surface area contributed by atoms with E-state index in [1.807, 2.05) is 42.5 Å². The first-order valence-corrected chi connectivity index (χ1v) is 7.08.